The van der Waals surface area contributed by atoms with E-state index in [2.05, 4.69) is 4.72 Å². The van der Waals surface area contributed by atoms with Crippen molar-refractivity contribution in [2.24, 2.45) is 0 Å². The van der Waals surface area contributed by atoms with Gasteiger partial charge in [-0.1, -0.05) is 12.8 Å². The second-order valence-corrected chi connectivity index (χ2v) is 6.16. The number of sulfonamides is 1. The highest BCUT2D eigenvalue weighted by molar-refractivity contribution is 7.89. The molecule has 0 aromatic heterocycles. The topological polar surface area (TPSA) is 89.3 Å². The van der Waals surface area contributed by atoms with Crippen LogP contribution in [0, 0.1) is 15.9 Å². The minimum Gasteiger partial charge on any atom is -0.258 e. The maximum atomic E-state index is 13.7. The first-order valence-corrected chi connectivity index (χ1v) is 7.35. The van der Waals surface area contributed by atoms with E-state index in [-0.39, 0.29) is 6.04 Å². The Morgan fingerprint density at radius 1 is 1.32 bits per heavy atom. The van der Waals surface area contributed by atoms with E-state index in [0.29, 0.717) is 6.07 Å². The van der Waals surface area contributed by atoms with Crippen LogP contribution in [0.1, 0.15) is 25.7 Å². The predicted molar refractivity (Wildman–Crippen MR) is 65.6 cm³/mol. The lowest BCUT2D eigenvalue weighted by atomic mass is 10.3. The van der Waals surface area contributed by atoms with Crippen molar-refractivity contribution in [2.75, 3.05) is 0 Å². The number of nitrogens with zero attached hydrogens (tertiary/aromatic N) is 1. The Hall–Kier alpha value is -1.54. The summed E-state index contributed by atoms with van der Waals surface area (Å²) in [5.74, 6) is -1.11. The van der Waals surface area contributed by atoms with Gasteiger partial charge in [0.05, 0.1) is 11.0 Å². The van der Waals surface area contributed by atoms with Crippen LogP contribution in [0.4, 0.5) is 10.1 Å². The molecule has 1 aromatic rings. The van der Waals surface area contributed by atoms with Crippen molar-refractivity contribution >= 4 is 15.7 Å². The molecule has 0 aliphatic heterocycles. The average Bonchev–Trinajstić information content (AvgIpc) is 2.80. The summed E-state index contributed by atoms with van der Waals surface area (Å²) in [7, 11) is -3.96. The van der Waals surface area contributed by atoms with E-state index in [0.717, 1.165) is 37.8 Å². The van der Waals surface area contributed by atoms with Crippen LogP contribution >= 0.6 is 0 Å². The summed E-state index contributed by atoms with van der Waals surface area (Å²) in [6.45, 7) is 0. The number of nitro groups is 1. The first-order chi connectivity index (χ1) is 8.90. The van der Waals surface area contributed by atoms with E-state index in [4.69, 9.17) is 0 Å². The fourth-order valence-electron chi connectivity index (χ4n) is 2.15. The van der Waals surface area contributed by atoms with Gasteiger partial charge in [0.25, 0.3) is 5.69 Å². The fraction of sp³-hybridized carbons (Fsp3) is 0.455. The quantitative estimate of drug-likeness (QED) is 0.677. The summed E-state index contributed by atoms with van der Waals surface area (Å²) in [4.78, 5) is 9.14. The number of halogens is 1. The Labute approximate surface area is 109 Å². The third-order valence-corrected chi connectivity index (χ3v) is 4.65. The monoisotopic (exact) mass is 288 g/mol. The fourth-order valence-corrected chi connectivity index (χ4v) is 3.51. The summed E-state index contributed by atoms with van der Waals surface area (Å²) in [6, 6.07) is 2.33. The molecule has 0 heterocycles. The number of rotatable bonds is 4. The van der Waals surface area contributed by atoms with Crippen LogP contribution in [0.2, 0.25) is 0 Å². The van der Waals surface area contributed by atoms with Gasteiger partial charge in [0.15, 0.2) is 0 Å². The standard InChI is InChI=1S/C11H13FN2O4S/c12-10-7-9(14(15)16)5-6-11(10)19(17,18)13-8-3-1-2-4-8/h5-8,13H,1-4H2. The zero-order valence-electron chi connectivity index (χ0n) is 10.0. The maximum absolute atomic E-state index is 13.7. The molecule has 1 fully saturated rings. The van der Waals surface area contributed by atoms with Crippen molar-refractivity contribution in [2.45, 2.75) is 36.6 Å². The third kappa shape index (κ3) is 3.07. The highest BCUT2D eigenvalue weighted by Crippen LogP contribution is 2.23. The van der Waals surface area contributed by atoms with Gasteiger partial charge in [-0.05, 0) is 18.9 Å². The van der Waals surface area contributed by atoms with Crippen LogP contribution in [-0.4, -0.2) is 19.4 Å². The Balaban J connectivity index is 2.27. The van der Waals surface area contributed by atoms with E-state index in [1.807, 2.05) is 0 Å². The lowest BCUT2D eigenvalue weighted by molar-refractivity contribution is -0.385. The van der Waals surface area contributed by atoms with E-state index < -0.39 is 31.3 Å². The molecule has 1 aliphatic carbocycles. The number of non-ortho nitro benzene ring substituents is 1. The van der Waals surface area contributed by atoms with E-state index in [1.165, 1.54) is 0 Å². The molecule has 0 radical (unpaired) electrons. The molecule has 6 nitrogen and oxygen atoms in total. The number of hydrogen-bond acceptors (Lipinski definition) is 4. The van der Waals surface area contributed by atoms with Gasteiger partial charge in [-0.2, -0.15) is 0 Å². The van der Waals surface area contributed by atoms with Crippen molar-refractivity contribution in [1.29, 1.82) is 0 Å². The van der Waals surface area contributed by atoms with Crippen LogP contribution in [-0.2, 0) is 10.0 Å². The van der Waals surface area contributed by atoms with Crippen LogP contribution in [0.3, 0.4) is 0 Å². The van der Waals surface area contributed by atoms with Gasteiger partial charge in [0.2, 0.25) is 10.0 Å². The largest absolute Gasteiger partial charge is 0.272 e. The van der Waals surface area contributed by atoms with E-state index >= 15 is 0 Å². The smallest absolute Gasteiger partial charge is 0.258 e. The zero-order valence-corrected chi connectivity index (χ0v) is 10.8. The summed E-state index contributed by atoms with van der Waals surface area (Å²) < 4.78 is 40.0. The SMILES string of the molecule is O=[N+]([O-])c1ccc(S(=O)(=O)NC2CCCC2)c(F)c1. The molecule has 0 saturated heterocycles. The Morgan fingerprint density at radius 2 is 1.95 bits per heavy atom. The summed E-state index contributed by atoms with van der Waals surface area (Å²) in [6.07, 6.45) is 3.34. The Bertz CT molecular complexity index is 597. The molecule has 0 unspecified atom stereocenters. The van der Waals surface area contributed by atoms with Crippen LogP contribution < -0.4 is 4.72 Å². The van der Waals surface area contributed by atoms with Gasteiger partial charge >= 0.3 is 0 Å². The van der Waals surface area contributed by atoms with Crippen molar-refractivity contribution in [1.82, 2.24) is 4.72 Å². The molecule has 8 heteroatoms. The number of benzene rings is 1. The average molecular weight is 288 g/mol. The third-order valence-electron chi connectivity index (χ3n) is 3.09. The molecular formula is C11H13FN2O4S. The predicted octanol–water partition coefficient (Wildman–Crippen LogP) is 1.95. The van der Waals surface area contributed by atoms with Crippen molar-refractivity contribution < 1.29 is 17.7 Å². The summed E-state index contributed by atoms with van der Waals surface area (Å²) >= 11 is 0. The van der Waals surface area contributed by atoms with Crippen molar-refractivity contribution in [3.05, 3.63) is 34.1 Å². The van der Waals surface area contributed by atoms with Crippen molar-refractivity contribution in [3.8, 4) is 0 Å². The van der Waals surface area contributed by atoms with E-state index in [1.54, 1.807) is 0 Å². The number of nitrogens with one attached hydrogen (secondary N) is 1. The molecule has 1 aromatic carbocycles. The first kappa shape index (κ1) is 13.9. The second-order valence-electron chi connectivity index (χ2n) is 4.47. The molecule has 0 spiro atoms. The summed E-state index contributed by atoms with van der Waals surface area (Å²) in [5.41, 5.74) is -0.475. The zero-order chi connectivity index (χ0) is 14.0. The van der Waals surface area contributed by atoms with Gasteiger partial charge in [0.1, 0.15) is 10.7 Å². The number of nitro benzene ring substituents is 1. The van der Waals surface area contributed by atoms with Gasteiger partial charge in [-0.3, -0.25) is 10.1 Å². The first-order valence-electron chi connectivity index (χ1n) is 5.86. The molecule has 104 valence electrons. The minimum atomic E-state index is -3.96. The van der Waals surface area contributed by atoms with E-state index in [9.17, 15) is 22.9 Å². The van der Waals surface area contributed by atoms with Crippen LogP contribution in [0.15, 0.2) is 23.1 Å². The molecule has 0 amide bonds. The Morgan fingerprint density at radius 3 is 2.47 bits per heavy atom. The van der Waals surface area contributed by atoms with Gasteiger partial charge in [-0.25, -0.2) is 17.5 Å². The number of hydrogen-bond donors (Lipinski definition) is 1. The minimum absolute atomic E-state index is 0.181. The van der Waals surface area contributed by atoms with Crippen LogP contribution in [0.5, 0.6) is 0 Å². The van der Waals surface area contributed by atoms with Gasteiger partial charge < -0.3 is 0 Å². The van der Waals surface area contributed by atoms with Crippen LogP contribution in [0.25, 0.3) is 0 Å². The molecule has 1 saturated carbocycles. The Kier molecular flexibility index (Phi) is 3.81. The summed E-state index contributed by atoms with van der Waals surface area (Å²) in [5, 5.41) is 10.5. The molecular weight excluding hydrogens is 275 g/mol. The molecule has 2 rings (SSSR count). The molecule has 1 aliphatic rings. The lowest BCUT2D eigenvalue weighted by Gasteiger charge is -2.12. The van der Waals surface area contributed by atoms with Crippen molar-refractivity contribution in [3.63, 3.8) is 0 Å². The van der Waals surface area contributed by atoms with Gasteiger partial charge in [0, 0.05) is 12.1 Å². The molecule has 19 heavy (non-hydrogen) atoms. The lowest BCUT2D eigenvalue weighted by Crippen LogP contribution is -2.33. The molecule has 1 N–H and O–H groups in total. The molecule has 0 bridgehead atoms. The van der Waals surface area contributed by atoms with Gasteiger partial charge in [-0.15, -0.1) is 0 Å². The maximum Gasteiger partial charge on any atom is 0.272 e. The normalized spacial score (nSPS) is 16.7. The second kappa shape index (κ2) is 5.22. The highest BCUT2D eigenvalue weighted by atomic mass is 32.2. The molecule has 0 atom stereocenters. The highest BCUT2D eigenvalue weighted by Gasteiger charge is 2.26.